The standard InChI is InChI=1S/C26H25F3N4O3/c27-26(28,29)20-9-11-22(12-10-20)36-16-21(34)14-31-25(35)30-13-18-5-7-19(8-6-18)15-33-17-32-23-3-1-2-4-24(23)33/h1-12,17,21,34H,13-16H2,(H2,30,31,35). The number of benzene rings is 3. The first kappa shape index (κ1) is 25.1. The summed E-state index contributed by atoms with van der Waals surface area (Å²) in [5.74, 6) is 0.191. The minimum absolute atomic E-state index is 0.0791. The number of aromatic nitrogens is 2. The van der Waals surface area contributed by atoms with E-state index < -0.39 is 23.9 Å². The third-order valence-corrected chi connectivity index (χ3v) is 5.48. The molecule has 1 atom stereocenters. The van der Waals surface area contributed by atoms with Crippen LogP contribution in [0.4, 0.5) is 18.0 Å². The highest BCUT2D eigenvalue weighted by atomic mass is 19.4. The minimum atomic E-state index is -4.42. The maximum atomic E-state index is 12.6. The number of rotatable bonds is 9. The normalized spacial score (nSPS) is 12.3. The lowest BCUT2D eigenvalue weighted by Crippen LogP contribution is -2.41. The zero-order valence-corrected chi connectivity index (χ0v) is 19.2. The Morgan fingerprint density at radius 1 is 0.972 bits per heavy atom. The molecule has 3 N–H and O–H groups in total. The Kier molecular flexibility index (Phi) is 7.74. The predicted molar refractivity (Wildman–Crippen MR) is 128 cm³/mol. The molecular weight excluding hydrogens is 473 g/mol. The Morgan fingerprint density at radius 3 is 2.39 bits per heavy atom. The molecule has 0 radical (unpaired) electrons. The number of para-hydroxylation sites is 2. The number of carbonyl (C=O) groups excluding carboxylic acids is 1. The molecule has 0 aliphatic rings. The van der Waals surface area contributed by atoms with Crippen molar-refractivity contribution in [2.75, 3.05) is 13.2 Å². The van der Waals surface area contributed by atoms with Gasteiger partial charge in [-0.3, -0.25) is 0 Å². The number of imidazole rings is 1. The lowest BCUT2D eigenvalue weighted by molar-refractivity contribution is -0.137. The van der Waals surface area contributed by atoms with Crippen LogP contribution in [0.1, 0.15) is 16.7 Å². The van der Waals surface area contributed by atoms with Gasteiger partial charge in [0.2, 0.25) is 0 Å². The quantitative estimate of drug-likeness (QED) is 0.320. The highest BCUT2D eigenvalue weighted by Crippen LogP contribution is 2.30. The SMILES string of the molecule is O=C(NCc1ccc(Cn2cnc3ccccc32)cc1)NCC(O)COc1ccc(C(F)(F)F)cc1. The number of alkyl halides is 3. The van der Waals surface area contributed by atoms with Gasteiger partial charge in [-0.15, -0.1) is 0 Å². The molecular formula is C26H25F3N4O3. The van der Waals surface area contributed by atoms with E-state index in [2.05, 4.69) is 20.2 Å². The molecule has 0 spiro atoms. The van der Waals surface area contributed by atoms with E-state index >= 15 is 0 Å². The number of nitrogens with zero attached hydrogens (tertiary/aromatic N) is 2. The Balaban J connectivity index is 1.16. The second kappa shape index (κ2) is 11.1. The van der Waals surface area contributed by atoms with E-state index in [9.17, 15) is 23.1 Å². The third kappa shape index (κ3) is 6.76. The van der Waals surface area contributed by atoms with Crippen molar-refractivity contribution in [3.05, 3.63) is 95.8 Å². The molecule has 1 aromatic heterocycles. The summed E-state index contributed by atoms with van der Waals surface area (Å²) in [7, 11) is 0. The van der Waals surface area contributed by atoms with E-state index in [1.165, 1.54) is 12.1 Å². The highest BCUT2D eigenvalue weighted by Gasteiger charge is 2.30. The van der Waals surface area contributed by atoms with E-state index in [1.807, 2.05) is 54.9 Å². The summed E-state index contributed by atoms with van der Waals surface area (Å²) in [5, 5.41) is 15.2. The molecule has 0 fully saturated rings. The largest absolute Gasteiger partial charge is 0.491 e. The van der Waals surface area contributed by atoms with Crippen LogP contribution in [0.15, 0.2) is 79.1 Å². The number of aliphatic hydroxyl groups is 1. The molecule has 1 unspecified atom stereocenters. The smallest absolute Gasteiger partial charge is 0.416 e. The van der Waals surface area contributed by atoms with E-state index in [0.29, 0.717) is 13.1 Å². The first-order valence-electron chi connectivity index (χ1n) is 11.3. The number of amides is 2. The fourth-order valence-corrected chi connectivity index (χ4v) is 3.54. The molecule has 1 heterocycles. The summed E-state index contributed by atoms with van der Waals surface area (Å²) >= 11 is 0. The molecule has 4 rings (SSSR count). The Bertz CT molecular complexity index is 1290. The van der Waals surface area contributed by atoms with Crippen molar-refractivity contribution >= 4 is 17.1 Å². The molecule has 4 aromatic rings. The van der Waals surface area contributed by atoms with E-state index in [0.717, 1.165) is 34.3 Å². The van der Waals surface area contributed by atoms with Gasteiger partial charge >= 0.3 is 12.2 Å². The molecule has 3 aromatic carbocycles. The summed E-state index contributed by atoms with van der Waals surface area (Å²) in [4.78, 5) is 16.4. The molecule has 188 valence electrons. The zero-order chi connectivity index (χ0) is 25.5. The van der Waals surface area contributed by atoms with Crippen LogP contribution in [-0.4, -0.2) is 39.9 Å². The number of hydrogen-bond donors (Lipinski definition) is 3. The number of hydrogen-bond acceptors (Lipinski definition) is 4. The second-order valence-electron chi connectivity index (χ2n) is 8.23. The molecule has 0 bridgehead atoms. The highest BCUT2D eigenvalue weighted by molar-refractivity contribution is 5.75. The van der Waals surface area contributed by atoms with Crippen molar-refractivity contribution in [3.8, 4) is 5.75 Å². The van der Waals surface area contributed by atoms with Crippen molar-refractivity contribution in [3.63, 3.8) is 0 Å². The van der Waals surface area contributed by atoms with Crippen LogP contribution in [0.25, 0.3) is 11.0 Å². The van der Waals surface area contributed by atoms with Gasteiger partial charge in [-0.2, -0.15) is 13.2 Å². The number of halogens is 3. The summed E-state index contributed by atoms with van der Waals surface area (Å²) in [6.07, 6.45) is -3.64. The fourth-order valence-electron chi connectivity index (χ4n) is 3.54. The average Bonchev–Trinajstić information content (AvgIpc) is 3.28. The Hall–Kier alpha value is -4.05. The Labute approximate surface area is 205 Å². The average molecular weight is 499 g/mol. The molecule has 2 amide bonds. The van der Waals surface area contributed by atoms with Gasteiger partial charge in [-0.25, -0.2) is 9.78 Å². The van der Waals surface area contributed by atoms with Gasteiger partial charge in [-0.05, 0) is 47.5 Å². The van der Waals surface area contributed by atoms with E-state index in [-0.39, 0.29) is 18.9 Å². The van der Waals surface area contributed by atoms with Gasteiger partial charge in [0, 0.05) is 19.6 Å². The number of carbonyl (C=O) groups is 1. The van der Waals surface area contributed by atoms with Crippen LogP contribution in [0, 0.1) is 0 Å². The van der Waals surface area contributed by atoms with Gasteiger partial charge in [0.15, 0.2) is 0 Å². The van der Waals surface area contributed by atoms with Crippen molar-refractivity contribution < 1.29 is 27.8 Å². The van der Waals surface area contributed by atoms with Crippen LogP contribution < -0.4 is 15.4 Å². The first-order chi connectivity index (χ1) is 17.3. The summed E-state index contributed by atoms with van der Waals surface area (Å²) in [6, 6.07) is 19.5. The second-order valence-corrected chi connectivity index (χ2v) is 8.23. The molecule has 10 heteroatoms. The molecule has 0 saturated carbocycles. The number of urea groups is 1. The van der Waals surface area contributed by atoms with E-state index in [4.69, 9.17) is 4.74 Å². The van der Waals surface area contributed by atoms with Crippen LogP contribution in [0.5, 0.6) is 5.75 Å². The maximum Gasteiger partial charge on any atom is 0.416 e. The number of ether oxygens (including phenoxy) is 1. The van der Waals surface area contributed by atoms with Crippen LogP contribution >= 0.6 is 0 Å². The molecule has 0 aliphatic carbocycles. The lowest BCUT2D eigenvalue weighted by atomic mass is 10.1. The van der Waals surface area contributed by atoms with E-state index in [1.54, 1.807) is 0 Å². The van der Waals surface area contributed by atoms with Gasteiger partial charge in [0.25, 0.3) is 0 Å². The monoisotopic (exact) mass is 498 g/mol. The lowest BCUT2D eigenvalue weighted by Gasteiger charge is -2.14. The summed E-state index contributed by atoms with van der Waals surface area (Å²) < 4.78 is 45.1. The molecule has 0 aliphatic heterocycles. The topological polar surface area (TPSA) is 88.4 Å². The molecule has 0 saturated heterocycles. The number of fused-ring (bicyclic) bond motifs is 1. The van der Waals surface area contributed by atoms with Crippen molar-refractivity contribution in [1.82, 2.24) is 20.2 Å². The summed E-state index contributed by atoms with van der Waals surface area (Å²) in [5.41, 5.74) is 3.24. The summed E-state index contributed by atoms with van der Waals surface area (Å²) in [6.45, 7) is 0.725. The molecule has 7 nitrogen and oxygen atoms in total. The van der Waals surface area contributed by atoms with Gasteiger partial charge < -0.3 is 25.0 Å². The van der Waals surface area contributed by atoms with Crippen molar-refractivity contribution in [2.24, 2.45) is 0 Å². The van der Waals surface area contributed by atoms with Gasteiger partial charge in [0.1, 0.15) is 18.5 Å². The van der Waals surface area contributed by atoms with Crippen LogP contribution in [-0.2, 0) is 19.3 Å². The van der Waals surface area contributed by atoms with Crippen LogP contribution in [0.2, 0.25) is 0 Å². The maximum absolute atomic E-state index is 12.6. The zero-order valence-electron chi connectivity index (χ0n) is 19.2. The Morgan fingerprint density at radius 2 is 1.67 bits per heavy atom. The predicted octanol–water partition coefficient (Wildman–Crippen LogP) is 4.34. The molecule has 36 heavy (non-hydrogen) atoms. The van der Waals surface area contributed by atoms with Gasteiger partial charge in [-0.1, -0.05) is 36.4 Å². The minimum Gasteiger partial charge on any atom is -0.491 e. The van der Waals surface area contributed by atoms with Crippen molar-refractivity contribution in [2.45, 2.75) is 25.4 Å². The first-order valence-corrected chi connectivity index (χ1v) is 11.3. The van der Waals surface area contributed by atoms with Crippen LogP contribution in [0.3, 0.4) is 0 Å². The fraction of sp³-hybridized carbons (Fsp3) is 0.231. The number of aliphatic hydroxyl groups excluding tert-OH is 1. The van der Waals surface area contributed by atoms with Crippen molar-refractivity contribution in [1.29, 1.82) is 0 Å². The third-order valence-electron chi connectivity index (χ3n) is 5.48. The number of nitrogens with one attached hydrogen (secondary N) is 2. The van der Waals surface area contributed by atoms with Gasteiger partial charge in [0.05, 0.1) is 22.9 Å².